The lowest BCUT2D eigenvalue weighted by Crippen LogP contribution is -2.33. The van der Waals surface area contributed by atoms with Crippen molar-refractivity contribution in [3.05, 3.63) is 36.2 Å². The van der Waals surface area contributed by atoms with Crippen LogP contribution in [0.25, 0.3) is 10.8 Å². The second-order valence-corrected chi connectivity index (χ2v) is 8.25. The number of nitrogens with zero attached hydrogens (tertiary/aromatic N) is 1. The highest BCUT2D eigenvalue weighted by Gasteiger charge is 2.24. The molecule has 0 radical (unpaired) electrons. The van der Waals surface area contributed by atoms with Crippen LogP contribution in [0.2, 0.25) is 0 Å². The van der Waals surface area contributed by atoms with E-state index in [2.05, 4.69) is 14.4 Å². The molecule has 27 heavy (non-hydrogen) atoms. The van der Waals surface area contributed by atoms with Crippen LogP contribution in [0.4, 0.5) is 0 Å². The molecule has 8 nitrogen and oxygen atoms in total. The van der Waals surface area contributed by atoms with E-state index in [4.69, 9.17) is 0 Å². The van der Waals surface area contributed by atoms with Crippen LogP contribution in [0.1, 0.15) is 30.8 Å². The molecule has 0 fully saturated rings. The summed E-state index contributed by atoms with van der Waals surface area (Å²) < 4.78 is 32.6. The largest absolute Gasteiger partial charge is 0.481 e. The molecule has 0 saturated carbocycles. The van der Waals surface area contributed by atoms with Crippen molar-refractivity contribution in [1.82, 2.24) is 9.71 Å². The number of hydrogen-bond donors (Lipinski definition) is 2. The Labute approximate surface area is 157 Å². The van der Waals surface area contributed by atoms with Crippen molar-refractivity contribution in [2.45, 2.75) is 25.2 Å². The molecular formula is C18H22N2O6S. The number of fused-ring (bicyclic) bond motifs is 1. The van der Waals surface area contributed by atoms with Crippen LogP contribution < -0.4 is 4.72 Å². The van der Waals surface area contributed by atoms with Gasteiger partial charge in [0.15, 0.2) is 5.69 Å². The molecule has 2 N–H and O–H groups in total. The number of pyridine rings is 1. The molecule has 0 aliphatic rings. The molecule has 1 unspecified atom stereocenters. The van der Waals surface area contributed by atoms with Gasteiger partial charge in [0, 0.05) is 23.5 Å². The molecule has 0 amide bonds. The van der Waals surface area contributed by atoms with E-state index in [0.29, 0.717) is 17.2 Å². The molecule has 0 aliphatic heterocycles. The standard InChI is InChI=1S/C18H22N2O6S/c1-11(2)9-12(17(21)22)10-20-27(24,25)15-6-4-5-14-13(15)7-8-19-16(14)18(23)26-3/h4-8,11-12,20H,9-10H2,1-3H3,(H,21,22). The summed E-state index contributed by atoms with van der Waals surface area (Å²) in [5, 5.41) is 9.93. The monoisotopic (exact) mass is 394 g/mol. The van der Waals surface area contributed by atoms with E-state index in [-0.39, 0.29) is 23.1 Å². The Balaban J connectivity index is 2.40. The molecule has 0 saturated heterocycles. The van der Waals surface area contributed by atoms with Gasteiger partial charge in [-0.2, -0.15) is 0 Å². The highest BCUT2D eigenvalue weighted by Crippen LogP contribution is 2.25. The number of rotatable bonds is 8. The number of carboxylic acid groups (broad SMARTS) is 1. The molecule has 1 atom stereocenters. The van der Waals surface area contributed by atoms with Crippen molar-refractivity contribution in [2.75, 3.05) is 13.7 Å². The van der Waals surface area contributed by atoms with E-state index in [1.807, 2.05) is 13.8 Å². The number of carbonyl (C=O) groups excluding carboxylic acids is 1. The molecule has 9 heteroatoms. The van der Waals surface area contributed by atoms with Crippen LogP contribution in [0, 0.1) is 11.8 Å². The molecule has 1 aromatic carbocycles. The van der Waals surface area contributed by atoms with Crippen LogP contribution >= 0.6 is 0 Å². The normalized spacial score (nSPS) is 12.9. The fourth-order valence-corrected chi connectivity index (χ4v) is 4.10. The number of carboxylic acids is 1. The lowest BCUT2D eigenvalue weighted by atomic mass is 9.98. The van der Waals surface area contributed by atoms with E-state index in [1.54, 1.807) is 6.07 Å². The quantitative estimate of drug-likeness (QED) is 0.657. The number of aromatic nitrogens is 1. The summed E-state index contributed by atoms with van der Waals surface area (Å²) in [6.45, 7) is 3.52. The van der Waals surface area contributed by atoms with E-state index >= 15 is 0 Å². The van der Waals surface area contributed by atoms with Gasteiger partial charge in [0.1, 0.15) is 0 Å². The van der Waals surface area contributed by atoms with Gasteiger partial charge in [0.2, 0.25) is 10.0 Å². The van der Waals surface area contributed by atoms with Gasteiger partial charge >= 0.3 is 11.9 Å². The number of nitrogens with one attached hydrogen (secondary N) is 1. The zero-order valence-electron chi connectivity index (χ0n) is 15.3. The minimum absolute atomic E-state index is 0.00951. The summed E-state index contributed by atoms with van der Waals surface area (Å²) in [6.07, 6.45) is 1.68. The van der Waals surface area contributed by atoms with Crippen molar-refractivity contribution in [1.29, 1.82) is 0 Å². The molecule has 146 valence electrons. The number of carbonyl (C=O) groups is 2. The molecule has 2 aromatic rings. The second-order valence-electron chi connectivity index (χ2n) is 6.52. The first-order valence-corrected chi connectivity index (χ1v) is 9.84. The van der Waals surface area contributed by atoms with Crippen molar-refractivity contribution in [3.8, 4) is 0 Å². The Kier molecular flexibility index (Phi) is 6.50. The average molecular weight is 394 g/mol. The van der Waals surface area contributed by atoms with Gasteiger partial charge in [-0.05, 0) is 24.5 Å². The van der Waals surface area contributed by atoms with Gasteiger partial charge in [-0.25, -0.2) is 22.9 Å². The third-order valence-corrected chi connectivity index (χ3v) is 5.54. The number of sulfonamides is 1. The summed E-state index contributed by atoms with van der Waals surface area (Å²) in [6, 6.07) is 5.95. The van der Waals surface area contributed by atoms with Crippen LogP contribution in [-0.4, -0.2) is 44.1 Å². The molecule has 2 rings (SSSR count). The Morgan fingerprint density at radius 1 is 1.22 bits per heavy atom. The highest BCUT2D eigenvalue weighted by molar-refractivity contribution is 7.89. The van der Waals surface area contributed by atoms with E-state index in [1.165, 1.54) is 31.5 Å². The van der Waals surface area contributed by atoms with Gasteiger partial charge in [0.25, 0.3) is 0 Å². The number of ether oxygens (including phenoxy) is 1. The Morgan fingerprint density at radius 3 is 2.52 bits per heavy atom. The average Bonchev–Trinajstić information content (AvgIpc) is 2.62. The van der Waals surface area contributed by atoms with Crippen molar-refractivity contribution < 1.29 is 27.9 Å². The highest BCUT2D eigenvalue weighted by atomic mass is 32.2. The zero-order valence-corrected chi connectivity index (χ0v) is 16.1. The van der Waals surface area contributed by atoms with Crippen LogP contribution in [0.5, 0.6) is 0 Å². The predicted molar refractivity (Wildman–Crippen MR) is 98.9 cm³/mol. The summed E-state index contributed by atoms with van der Waals surface area (Å²) in [7, 11) is -2.78. The lowest BCUT2D eigenvalue weighted by molar-refractivity contribution is -0.142. The predicted octanol–water partition coefficient (Wildman–Crippen LogP) is 2.05. The van der Waals surface area contributed by atoms with Gasteiger partial charge in [-0.15, -0.1) is 0 Å². The maximum absolute atomic E-state index is 12.8. The SMILES string of the molecule is COC(=O)c1nccc2c(S(=O)(=O)NCC(CC(C)C)C(=O)O)cccc12. The maximum atomic E-state index is 12.8. The Bertz CT molecular complexity index is 955. The van der Waals surface area contributed by atoms with Crippen LogP contribution in [0.3, 0.4) is 0 Å². The van der Waals surface area contributed by atoms with E-state index in [0.717, 1.165) is 0 Å². The zero-order chi connectivity index (χ0) is 20.2. The van der Waals surface area contributed by atoms with Gasteiger partial charge in [0.05, 0.1) is 17.9 Å². The molecule has 1 heterocycles. The summed E-state index contributed by atoms with van der Waals surface area (Å²) >= 11 is 0. The number of methoxy groups -OCH3 is 1. The molecular weight excluding hydrogens is 372 g/mol. The first-order valence-electron chi connectivity index (χ1n) is 8.36. The third-order valence-electron chi connectivity index (χ3n) is 4.06. The van der Waals surface area contributed by atoms with Gasteiger partial charge < -0.3 is 9.84 Å². The van der Waals surface area contributed by atoms with Crippen molar-refractivity contribution in [2.24, 2.45) is 11.8 Å². The van der Waals surface area contributed by atoms with Gasteiger partial charge in [-0.3, -0.25) is 4.79 Å². The first kappa shape index (κ1) is 20.8. The second kappa shape index (κ2) is 8.45. The fourth-order valence-electron chi connectivity index (χ4n) is 2.80. The Hall–Kier alpha value is -2.52. The molecule has 0 spiro atoms. The summed E-state index contributed by atoms with van der Waals surface area (Å²) in [4.78, 5) is 27.1. The lowest BCUT2D eigenvalue weighted by Gasteiger charge is -2.16. The number of hydrogen-bond acceptors (Lipinski definition) is 6. The maximum Gasteiger partial charge on any atom is 0.357 e. The minimum Gasteiger partial charge on any atom is -0.481 e. The number of esters is 1. The topological polar surface area (TPSA) is 123 Å². The van der Waals surface area contributed by atoms with Crippen LogP contribution in [-0.2, 0) is 19.6 Å². The first-order chi connectivity index (χ1) is 12.7. The minimum atomic E-state index is -3.99. The molecule has 0 aliphatic carbocycles. The van der Waals surface area contributed by atoms with Crippen LogP contribution in [0.15, 0.2) is 35.4 Å². The van der Waals surface area contributed by atoms with E-state index < -0.39 is 27.9 Å². The number of benzene rings is 1. The molecule has 1 aromatic heterocycles. The van der Waals surface area contributed by atoms with Gasteiger partial charge in [-0.1, -0.05) is 26.0 Å². The summed E-state index contributed by atoms with van der Waals surface area (Å²) in [5.41, 5.74) is 0.00951. The van der Waals surface area contributed by atoms with Crippen molar-refractivity contribution in [3.63, 3.8) is 0 Å². The Morgan fingerprint density at radius 2 is 1.93 bits per heavy atom. The summed E-state index contributed by atoms with van der Waals surface area (Å²) in [5.74, 6) is -2.45. The number of aliphatic carboxylic acids is 1. The molecule has 0 bridgehead atoms. The van der Waals surface area contributed by atoms with E-state index in [9.17, 15) is 23.1 Å². The smallest absolute Gasteiger partial charge is 0.357 e. The third kappa shape index (κ3) is 4.81. The fraction of sp³-hybridized carbons (Fsp3) is 0.389. The van der Waals surface area contributed by atoms with Crippen molar-refractivity contribution >= 4 is 32.7 Å².